The van der Waals surface area contributed by atoms with Crippen LogP contribution in [0.15, 0.2) is 36.8 Å². The molecule has 0 aliphatic carbocycles. The SMILES string of the molecule is O=C(NCC1(CCO)CCOC1)c1cncn1-c1ccc(F)cc1. The lowest BCUT2D eigenvalue weighted by Crippen LogP contribution is -2.39. The largest absolute Gasteiger partial charge is 0.396 e. The lowest BCUT2D eigenvalue weighted by atomic mass is 9.84. The Kier molecular flexibility index (Phi) is 4.92. The second kappa shape index (κ2) is 7.11. The molecule has 0 radical (unpaired) electrons. The van der Waals surface area contributed by atoms with Gasteiger partial charge in [0.2, 0.25) is 0 Å². The molecule has 1 aliphatic rings. The zero-order chi connectivity index (χ0) is 17.0. The predicted molar refractivity (Wildman–Crippen MR) is 85.4 cm³/mol. The van der Waals surface area contributed by atoms with E-state index < -0.39 is 0 Å². The quantitative estimate of drug-likeness (QED) is 0.840. The summed E-state index contributed by atoms with van der Waals surface area (Å²) in [6.45, 7) is 1.67. The molecule has 2 N–H and O–H groups in total. The topological polar surface area (TPSA) is 76.4 Å². The van der Waals surface area contributed by atoms with E-state index in [4.69, 9.17) is 4.74 Å². The van der Waals surface area contributed by atoms with E-state index in [1.54, 1.807) is 16.7 Å². The number of aromatic nitrogens is 2. The van der Waals surface area contributed by atoms with E-state index in [1.165, 1.54) is 24.7 Å². The normalized spacial score (nSPS) is 20.2. The predicted octanol–water partition coefficient (Wildman–Crippen LogP) is 1.53. The van der Waals surface area contributed by atoms with Crippen molar-refractivity contribution >= 4 is 5.91 Å². The molecule has 0 bridgehead atoms. The molecule has 7 heteroatoms. The molecule has 1 fully saturated rings. The molecule has 128 valence electrons. The zero-order valence-corrected chi connectivity index (χ0v) is 13.2. The Morgan fingerprint density at radius 3 is 2.88 bits per heavy atom. The molecule has 0 saturated carbocycles. The van der Waals surface area contributed by atoms with E-state index >= 15 is 0 Å². The lowest BCUT2D eigenvalue weighted by Gasteiger charge is -2.26. The highest BCUT2D eigenvalue weighted by Gasteiger charge is 2.35. The smallest absolute Gasteiger partial charge is 0.269 e. The third-order valence-electron chi connectivity index (χ3n) is 4.43. The maximum absolute atomic E-state index is 13.1. The van der Waals surface area contributed by atoms with Gasteiger partial charge in [0.1, 0.15) is 11.5 Å². The number of imidazole rings is 1. The van der Waals surface area contributed by atoms with Crippen molar-refractivity contribution in [2.45, 2.75) is 12.8 Å². The first-order valence-electron chi connectivity index (χ1n) is 7.89. The van der Waals surface area contributed by atoms with Crippen LogP contribution in [-0.2, 0) is 4.74 Å². The molecule has 2 aromatic rings. The van der Waals surface area contributed by atoms with E-state index in [2.05, 4.69) is 10.3 Å². The Labute approximate surface area is 139 Å². The van der Waals surface area contributed by atoms with Gasteiger partial charge in [-0.2, -0.15) is 0 Å². The van der Waals surface area contributed by atoms with Crippen LogP contribution in [-0.4, -0.2) is 46.9 Å². The van der Waals surface area contributed by atoms with E-state index in [1.807, 2.05) is 0 Å². The minimum absolute atomic E-state index is 0.0622. The summed E-state index contributed by atoms with van der Waals surface area (Å²) in [5.41, 5.74) is 0.818. The maximum Gasteiger partial charge on any atom is 0.269 e. The standard InChI is InChI=1S/C17H20FN3O3/c18-13-1-3-14(4-2-13)21-12-19-9-15(21)16(23)20-10-17(5-7-22)6-8-24-11-17/h1-4,9,12,22H,5-8,10-11H2,(H,20,23). The van der Waals surface area contributed by atoms with Crippen LogP contribution in [0, 0.1) is 11.2 Å². The number of amides is 1. The third-order valence-corrected chi connectivity index (χ3v) is 4.43. The van der Waals surface area contributed by atoms with Gasteiger partial charge in [0, 0.05) is 30.9 Å². The average Bonchev–Trinajstić information content (AvgIpc) is 3.24. The first-order chi connectivity index (χ1) is 11.6. The fraction of sp³-hybridized carbons (Fsp3) is 0.412. The lowest BCUT2D eigenvalue weighted by molar-refractivity contribution is 0.0883. The first kappa shape index (κ1) is 16.6. The summed E-state index contributed by atoms with van der Waals surface area (Å²) < 4.78 is 20.1. The Morgan fingerprint density at radius 1 is 1.42 bits per heavy atom. The van der Waals surface area contributed by atoms with Crippen LogP contribution in [0.5, 0.6) is 0 Å². The molecule has 1 aromatic carbocycles. The highest BCUT2D eigenvalue weighted by molar-refractivity contribution is 5.93. The van der Waals surface area contributed by atoms with Gasteiger partial charge >= 0.3 is 0 Å². The van der Waals surface area contributed by atoms with Crippen molar-refractivity contribution in [3.05, 3.63) is 48.3 Å². The van der Waals surface area contributed by atoms with Gasteiger partial charge in [-0.15, -0.1) is 0 Å². The number of carbonyl (C=O) groups excluding carboxylic acids is 1. The summed E-state index contributed by atoms with van der Waals surface area (Å²) in [5.74, 6) is -0.599. The van der Waals surface area contributed by atoms with Gasteiger partial charge in [0.05, 0.1) is 19.1 Å². The van der Waals surface area contributed by atoms with Gasteiger partial charge in [-0.3, -0.25) is 9.36 Å². The molecule has 1 saturated heterocycles. The van der Waals surface area contributed by atoms with Crippen molar-refractivity contribution in [1.29, 1.82) is 0 Å². The molecule has 1 unspecified atom stereocenters. The van der Waals surface area contributed by atoms with Gasteiger partial charge in [-0.25, -0.2) is 9.37 Å². The van der Waals surface area contributed by atoms with Crippen molar-refractivity contribution < 1.29 is 19.0 Å². The van der Waals surface area contributed by atoms with Gasteiger partial charge in [0.25, 0.3) is 5.91 Å². The number of hydrogen-bond acceptors (Lipinski definition) is 4. The number of nitrogens with zero attached hydrogens (tertiary/aromatic N) is 2. The molecule has 24 heavy (non-hydrogen) atoms. The molecule has 1 atom stereocenters. The minimum atomic E-state index is -0.336. The molecule has 0 spiro atoms. The van der Waals surface area contributed by atoms with Crippen LogP contribution < -0.4 is 5.32 Å². The highest BCUT2D eigenvalue weighted by atomic mass is 19.1. The van der Waals surface area contributed by atoms with E-state index in [9.17, 15) is 14.3 Å². The summed E-state index contributed by atoms with van der Waals surface area (Å²) in [7, 11) is 0. The van der Waals surface area contributed by atoms with E-state index in [0.29, 0.717) is 37.6 Å². The van der Waals surface area contributed by atoms with Crippen molar-refractivity contribution in [2.24, 2.45) is 5.41 Å². The average molecular weight is 333 g/mol. The molecule has 3 rings (SSSR count). The number of nitrogens with one attached hydrogen (secondary N) is 1. The Balaban J connectivity index is 1.72. The Hall–Kier alpha value is -2.25. The number of aliphatic hydroxyl groups excluding tert-OH is 1. The number of carbonyl (C=O) groups is 1. The fourth-order valence-corrected chi connectivity index (χ4v) is 2.94. The zero-order valence-electron chi connectivity index (χ0n) is 13.2. The molecular weight excluding hydrogens is 313 g/mol. The minimum Gasteiger partial charge on any atom is -0.396 e. The summed E-state index contributed by atoms with van der Waals surface area (Å²) in [4.78, 5) is 16.5. The number of rotatable bonds is 6. The first-order valence-corrected chi connectivity index (χ1v) is 7.89. The van der Waals surface area contributed by atoms with E-state index in [0.717, 1.165) is 6.42 Å². The second-order valence-electron chi connectivity index (χ2n) is 6.08. The molecular formula is C17H20FN3O3. The summed E-state index contributed by atoms with van der Waals surface area (Å²) in [6.07, 6.45) is 4.39. The van der Waals surface area contributed by atoms with Gasteiger partial charge in [-0.1, -0.05) is 0 Å². The van der Waals surface area contributed by atoms with Crippen LogP contribution >= 0.6 is 0 Å². The van der Waals surface area contributed by atoms with Crippen molar-refractivity contribution in [3.63, 3.8) is 0 Å². The summed E-state index contributed by atoms with van der Waals surface area (Å²) in [6, 6.07) is 5.85. The van der Waals surface area contributed by atoms with Crippen molar-refractivity contribution in [2.75, 3.05) is 26.4 Å². The molecule has 1 aromatic heterocycles. The van der Waals surface area contributed by atoms with Crippen molar-refractivity contribution in [3.8, 4) is 5.69 Å². The van der Waals surface area contributed by atoms with Crippen molar-refractivity contribution in [1.82, 2.24) is 14.9 Å². The summed E-state index contributed by atoms with van der Waals surface area (Å²) in [5, 5.41) is 12.2. The summed E-state index contributed by atoms with van der Waals surface area (Å²) >= 11 is 0. The number of benzene rings is 1. The number of halogens is 1. The fourth-order valence-electron chi connectivity index (χ4n) is 2.94. The number of hydrogen-bond donors (Lipinski definition) is 2. The van der Waals surface area contributed by atoms with Gasteiger partial charge in [0.15, 0.2) is 0 Å². The molecule has 1 amide bonds. The van der Waals surface area contributed by atoms with Crippen LogP contribution in [0.4, 0.5) is 4.39 Å². The van der Waals surface area contributed by atoms with Crippen LogP contribution in [0.3, 0.4) is 0 Å². The number of aliphatic hydroxyl groups is 1. The third kappa shape index (κ3) is 3.47. The van der Waals surface area contributed by atoms with Gasteiger partial charge < -0.3 is 15.2 Å². The maximum atomic E-state index is 13.1. The second-order valence-corrected chi connectivity index (χ2v) is 6.08. The molecule has 2 heterocycles. The van der Waals surface area contributed by atoms with Gasteiger partial charge in [-0.05, 0) is 37.1 Å². The highest BCUT2D eigenvalue weighted by Crippen LogP contribution is 2.31. The molecule has 6 nitrogen and oxygen atoms in total. The monoisotopic (exact) mass is 333 g/mol. The molecule has 1 aliphatic heterocycles. The van der Waals surface area contributed by atoms with Crippen LogP contribution in [0.2, 0.25) is 0 Å². The van der Waals surface area contributed by atoms with Crippen LogP contribution in [0.25, 0.3) is 5.69 Å². The Bertz CT molecular complexity index is 693. The van der Waals surface area contributed by atoms with Crippen LogP contribution in [0.1, 0.15) is 23.3 Å². The Morgan fingerprint density at radius 2 is 2.21 bits per heavy atom. The van der Waals surface area contributed by atoms with E-state index in [-0.39, 0.29) is 23.7 Å². The number of ether oxygens (including phenoxy) is 1.